The van der Waals surface area contributed by atoms with Crippen molar-refractivity contribution in [3.63, 3.8) is 0 Å². The van der Waals surface area contributed by atoms with Crippen LogP contribution in [0.3, 0.4) is 0 Å². The monoisotopic (exact) mass is 373 g/mol. The number of para-hydroxylation sites is 1. The molecule has 1 aromatic carbocycles. The number of carbonyl (C=O) groups excluding carboxylic acids is 2. The number of nitrogens with one attached hydrogen (secondary N) is 1. The maximum atomic E-state index is 12.8. The summed E-state index contributed by atoms with van der Waals surface area (Å²) in [5, 5.41) is 2.93. The van der Waals surface area contributed by atoms with E-state index in [1.165, 1.54) is 12.8 Å². The molecule has 1 atom stereocenters. The molecule has 1 aromatic rings. The van der Waals surface area contributed by atoms with Gasteiger partial charge in [0.2, 0.25) is 11.8 Å². The van der Waals surface area contributed by atoms with Crippen molar-refractivity contribution in [2.45, 2.75) is 51.6 Å². The molecule has 27 heavy (non-hydrogen) atoms. The molecule has 0 bridgehead atoms. The molecule has 2 aliphatic rings. The van der Waals surface area contributed by atoms with Gasteiger partial charge in [-0.2, -0.15) is 0 Å². The third kappa shape index (κ3) is 5.22. The van der Waals surface area contributed by atoms with E-state index >= 15 is 0 Å². The smallest absolute Gasteiger partial charge is 0.237 e. The number of carbonyl (C=O) groups is 2. The summed E-state index contributed by atoms with van der Waals surface area (Å²) < 4.78 is 5.73. The molecule has 0 aromatic heterocycles. The Bertz CT molecular complexity index is 641. The van der Waals surface area contributed by atoms with E-state index in [4.69, 9.17) is 4.74 Å². The number of nitrogens with zero attached hydrogens (tertiary/aromatic N) is 2. The van der Waals surface area contributed by atoms with Gasteiger partial charge in [-0.25, -0.2) is 0 Å². The second kappa shape index (κ2) is 9.74. The lowest BCUT2D eigenvalue weighted by atomic mass is 10.1. The molecule has 2 heterocycles. The Morgan fingerprint density at radius 1 is 1.15 bits per heavy atom. The van der Waals surface area contributed by atoms with Gasteiger partial charge in [-0.1, -0.05) is 31.0 Å². The Kier molecular flexibility index (Phi) is 7.10. The molecule has 148 valence electrons. The minimum absolute atomic E-state index is 0.0432. The van der Waals surface area contributed by atoms with Crippen LogP contribution in [0.4, 0.5) is 0 Å². The molecule has 0 saturated carbocycles. The predicted octanol–water partition coefficient (Wildman–Crippen LogP) is 2.18. The molecular weight excluding hydrogens is 342 g/mol. The number of benzene rings is 1. The molecular formula is C21H31N3O3. The van der Waals surface area contributed by atoms with Crippen LogP contribution in [-0.2, 0) is 16.1 Å². The largest absolute Gasteiger partial charge is 0.494 e. The van der Waals surface area contributed by atoms with Gasteiger partial charge in [0.1, 0.15) is 5.75 Å². The Balaban J connectivity index is 1.69. The summed E-state index contributed by atoms with van der Waals surface area (Å²) in [6.45, 7) is 6.18. The maximum absolute atomic E-state index is 12.8. The highest BCUT2D eigenvalue weighted by atomic mass is 16.5. The highest BCUT2D eigenvalue weighted by Crippen LogP contribution is 2.23. The number of hydrogen-bond acceptors (Lipinski definition) is 4. The Labute approximate surface area is 161 Å². The lowest BCUT2D eigenvalue weighted by Crippen LogP contribution is -2.56. The number of rotatable bonds is 6. The topological polar surface area (TPSA) is 61.9 Å². The number of likely N-dealkylation sites (tertiary alicyclic amines) is 1. The predicted molar refractivity (Wildman–Crippen MR) is 104 cm³/mol. The zero-order valence-corrected chi connectivity index (χ0v) is 16.3. The van der Waals surface area contributed by atoms with Crippen molar-refractivity contribution < 1.29 is 14.3 Å². The molecule has 2 aliphatic heterocycles. The van der Waals surface area contributed by atoms with Gasteiger partial charge in [0.15, 0.2) is 0 Å². The van der Waals surface area contributed by atoms with Crippen LogP contribution in [0.25, 0.3) is 0 Å². The lowest BCUT2D eigenvalue weighted by molar-refractivity contribution is -0.139. The van der Waals surface area contributed by atoms with Crippen molar-refractivity contribution in [2.24, 2.45) is 0 Å². The second-order valence-electron chi connectivity index (χ2n) is 7.32. The molecule has 2 amide bonds. The van der Waals surface area contributed by atoms with E-state index in [1.54, 1.807) is 0 Å². The molecule has 6 heteroatoms. The fourth-order valence-electron chi connectivity index (χ4n) is 3.94. The van der Waals surface area contributed by atoms with Crippen LogP contribution in [0, 0.1) is 0 Å². The summed E-state index contributed by atoms with van der Waals surface area (Å²) >= 11 is 0. The van der Waals surface area contributed by atoms with E-state index in [9.17, 15) is 9.59 Å². The maximum Gasteiger partial charge on any atom is 0.237 e. The number of hydrogen-bond donors (Lipinski definition) is 1. The first kappa shape index (κ1) is 19.7. The SMILES string of the molecule is CCOc1ccccc1CN1CCNC(=O)[C@@H]1CC(=O)N1CCCCCC1. The van der Waals surface area contributed by atoms with Crippen LogP contribution in [0.1, 0.15) is 44.6 Å². The van der Waals surface area contributed by atoms with Gasteiger partial charge in [-0.05, 0) is 25.8 Å². The van der Waals surface area contributed by atoms with Crippen LogP contribution in [-0.4, -0.2) is 60.4 Å². The van der Waals surface area contributed by atoms with E-state index in [2.05, 4.69) is 10.2 Å². The average molecular weight is 373 g/mol. The van der Waals surface area contributed by atoms with Crippen molar-refractivity contribution in [2.75, 3.05) is 32.8 Å². The molecule has 0 radical (unpaired) electrons. The van der Waals surface area contributed by atoms with Crippen molar-refractivity contribution in [1.29, 1.82) is 0 Å². The number of ether oxygens (including phenoxy) is 1. The minimum atomic E-state index is -0.413. The van der Waals surface area contributed by atoms with Gasteiger partial charge in [0.25, 0.3) is 0 Å². The third-order valence-electron chi connectivity index (χ3n) is 5.41. The van der Waals surface area contributed by atoms with Crippen molar-refractivity contribution in [3.05, 3.63) is 29.8 Å². The summed E-state index contributed by atoms with van der Waals surface area (Å²) in [4.78, 5) is 29.4. The first-order valence-corrected chi connectivity index (χ1v) is 10.2. The number of amides is 2. The molecule has 2 saturated heterocycles. The fourth-order valence-corrected chi connectivity index (χ4v) is 3.94. The zero-order valence-electron chi connectivity index (χ0n) is 16.3. The van der Waals surface area contributed by atoms with Crippen molar-refractivity contribution >= 4 is 11.8 Å². The van der Waals surface area contributed by atoms with Crippen LogP contribution < -0.4 is 10.1 Å². The standard InChI is InChI=1S/C21H31N3O3/c1-2-27-19-10-6-5-9-17(19)16-24-14-11-22-21(26)18(24)15-20(25)23-12-7-3-4-8-13-23/h5-6,9-10,18H,2-4,7-8,11-16H2,1H3,(H,22,26)/t18-/m0/s1. The van der Waals surface area contributed by atoms with Gasteiger partial charge in [0, 0.05) is 38.3 Å². The van der Waals surface area contributed by atoms with Gasteiger partial charge < -0.3 is 15.0 Å². The third-order valence-corrected chi connectivity index (χ3v) is 5.41. The fraction of sp³-hybridized carbons (Fsp3) is 0.619. The normalized spacial score (nSPS) is 21.4. The lowest BCUT2D eigenvalue weighted by Gasteiger charge is -2.36. The van der Waals surface area contributed by atoms with Gasteiger partial charge >= 0.3 is 0 Å². The second-order valence-corrected chi connectivity index (χ2v) is 7.32. The summed E-state index contributed by atoms with van der Waals surface area (Å²) in [6.07, 6.45) is 4.76. The van der Waals surface area contributed by atoms with E-state index < -0.39 is 6.04 Å². The van der Waals surface area contributed by atoms with Crippen LogP contribution >= 0.6 is 0 Å². The van der Waals surface area contributed by atoms with Gasteiger partial charge in [0.05, 0.1) is 19.1 Å². The zero-order chi connectivity index (χ0) is 19.1. The van der Waals surface area contributed by atoms with E-state index in [0.717, 1.165) is 43.8 Å². The molecule has 2 fully saturated rings. The highest BCUT2D eigenvalue weighted by Gasteiger charge is 2.33. The molecule has 0 spiro atoms. The first-order valence-electron chi connectivity index (χ1n) is 10.2. The quantitative estimate of drug-likeness (QED) is 0.830. The van der Waals surface area contributed by atoms with E-state index in [-0.39, 0.29) is 18.2 Å². The first-order chi connectivity index (χ1) is 13.2. The van der Waals surface area contributed by atoms with Crippen LogP contribution in [0.2, 0.25) is 0 Å². The Morgan fingerprint density at radius 2 is 1.89 bits per heavy atom. The van der Waals surface area contributed by atoms with Gasteiger partial charge in [-0.15, -0.1) is 0 Å². The molecule has 0 unspecified atom stereocenters. The summed E-state index contributed by atoms with van der Waals surface area (Å²) in [6, 6.07) is 7.52. The summed E-state index contributed by atoms with van der Waals surface area (Å²) in [5.41, 5.74) is 1.06. The van der Waals surface area contributed by atoms with E-state index in [1.807, 2.05) is 36.1 Å². The van der Waals surface area contributed by atoms with E-state index in [0.29, 0.717) is 19.7 Å². The van der Waals surface area contributed by atoms with Crippen LogP contribution in [0.15, 0.2) is 24.3 Å². The minimum Gasteiger partial charge on any atom is -0.494 e. The average Bonchev–Trinajstić information content (AvgIpc) is 2.96. The van der Waals surface area contributed by atoms with Crippen LogP contribution in [0.5, 0.6) is 5.75 Å². The Morgan fingerprint density at radius 3 is 2.63 bits per heavy atom. The molecule has 0 aliphatic carbocycles. The molecule has 6 nitrogen and oxygen atoms in total. The molecule has 3 rings (SSSR count). The molecule has 1 N–H and O–H groups in total. The van der Waals surface area contributed by atoms with Crippen molar-refractivity contribution in [1.82, 2.24) is 15.1 Å². The highest BCUT2D eigenvalue weighted by molar-refractivity contribution is 5.88. The van der Waals surface area contributed by atoms with Crippen molar-refractivity contribution in [3.8, 4) is 5.75 Å². The number of piperazine rings is 1. The van der Waals surface area contributed by atoms with Gasteiger partial charge in [-0.3, -0.25) is 14.5 Å². The summed E-state index contributed by atoms with van der Waals surface area (Å²) in [7, 11) is 0. The Hall–Kier alpha value is -2.08. The summed E-state index contributed by atoms with van der Waals surface area (Å²) in [5.74, 6) is 0.906.